The second-order valence-corrected chi connectivity index (χ2v) is 5.87. The monoisotopic (exact) mass is 373 g/mol. The van der Waals surface area contributed by atoms with E-state index < -0.39 is 16.9 Å². The van der Waals surface area contributed by atoms with Crippen LogP contribution in [0.25, 0.3) is 0 Å². The summed E-state index contributed by atoms with van der Waals surface area (Å²) in [5.74, 6) is -0.697. The van der Waals surface area contributed by atoms with Crippen molar-refractivity contribution in [1.29, 1.82) is 0 Å². The average Bonchev–Trinajstić information content (AvgIpc) is 3.22. The molecule has 0 radical (unpaired) electrons. The first-order chi connectivity index (χ1) is 12.8. The number of nitrogens with one attached hydrogen (secondary N) is 1. The molecule has 0 saturated heterocycles. The minimum absolute atomic E-state index is 0.0910. The van der Waals surface area contributed by atoms with Crippen LogP contribution in [-0.4, -0.2) is 35.4 Å². The molecule has 0 aliphatic heterocycles. The fraction of sp³-hybridized carbons (Fsp3) is 0.250. The molecule has 1 unspecified atom stereocenters. The molecule has 0 aliphatic rings. The summed E-state index contributed by atoms with van der Waals surface area (Å²) in [7, 11) is 0. The van der Waals surface area contributed by atoms with Gasteiger partial charge in [-0.15, -0.1) is 5.10 Å². The number of anilines is 1. The van der Waals surface area contributed by atoms with Crippen molar-refractivity contribution >= 4 is 17.5 Å². The second kappa shape index (κ2) is 7.32. The highest BCUT2D eigenvalue weighted by molar-refractivity contribution is 5.91. The number of rotatable bonds is 6. The van der Waals surface area contributed by atoms with Crippen LogP contribution in [0, 0.1) is 22.9 Å². The third-order valence-electron chi connectivity index (χ3n) is 3.99. The Morgan fingerprint density at radius 2 is 2.07 bits per heavy atom. The van der Waals surface area contributed by atoms with Crippen molar-refractivity contribution < 1.29 is 14.1 Å². The Morgan fingerprint density at radius 3 is 2.70 bits per heavy atom. The number of hydrogen-bond donors (Lipinski definition) is 1. The quantitative estimate of drug-likeness (QED) is 0.522. The molecule has 140 valence electrons. The number of carbonyl (C=O) groups excluding carboxylic acids is 1. The van der Waals surface area contributed by atoms with Crippen LogP contribution in [0.1, 0.15) is 24.2 Å². The van der Waals surface area contributed by atoms with Gasteiger partial charge in [0.2, 0.25) is 5.95 Å². The topological polar surface area (TPSA) is 121 Å². The number of benzene rings is 1. The number of hydrogen-bond acceptors (Lipinski definition) is 6. The molecule has 27 heavy (non-hydrogen) atoms. The van der Waals surface area contributed by atoms with Crippen molar-refractivity contribution in [1.82, 2.24) is 24.5 Å². The molecule has 0 fully saturated rings. The van der Waals surface area contributed by atoms with E-state index in [1.807, 2.05) is 0 Å². The molecule has 0 bridgehead atoms. The highest BCUT2D eigenvalue weighted by Gasteiger charge is 2.24. The number of nitro groups is 1. The number of amides is 1. The van der Waals surface area contributed by atoms with Crippen LogP contribution in [0.4, 0.5) is 16.0 Å². The molecule has 11 heteroatoms. The van der Waals surface area contributed by atoms with Crippen molar-refractivity contribution in [2.75, 3.05) is 5.32 Å². The zero-order valence-corrected chi connectivity index (χ0v) is 14.5. The summed E-state index contributed by atoms with van der Waals surface area (Å²) >= 11 is 0. The van der Waals surface area contributed by atoms with E-state index in [-0.39, 0.29) is 23.1 Å². The Hall–Kier alpha value is -3.63. The minimum Gasteiger partial charge on any atom is -0.291 e. The normalized spacial score (nSPS) is 12.0. The highest BCUT2D eigenvalue weighted by Crippen LogP contribution is 2.20. The van der Waals surface area contributed by atoms with E-state index in [0.717, 1.165) is 11.8 Å². The van der Waals surface area contributed by atoms with Gasteiger partial charge in [0, 0.05) is 0 Å². The SMILES string of the molecule is Cc1c([N+](=O)[O-])cnn1C(C)C(=O)Nc1ncn(Cc2ccc(F)cc2)n1. The van der Waals surface area contributed by atoms with Crippen LogP contribution >= 0.6 is 0 Å². The molecule has 0 aliphatic carbocycles. The van der Waals surface area contributed by atoms with Gasteiger partial charge in [-0.3, -0.25) is 24.9 Å². The van der Waals surface area contributed by atoms with E-state index in [1.54, 1.807) is 19.1 Å². The number of halogens is 1. The van der Waals surface area contributed by atoms with Crippen molar-refractivity contribution in [2.24, 2.45) is 0 Å². The lowest BCUT2D eigenvalue weighted by molar-refractivity contribution is -0.385. The summed E-state index contributed by atoms with van der Waals surface area (Å²) in [5.41, 5.74) is 0.945. The fourth-order valence-electron chi connectivity index (χ4n) is 2.51. The Kier molecular flexibility index (Phi) is 4.92. The molecule has 1 atom stereocenters. The lowest BCUT2D eigenvalue weighted by Gasteiger charge is -2.12. The lowest BCUT2D eigenvalue weighted by atomic mass is 10.2. The van der Waals surface area contributed by atoms with Gasteiger partial charge in [0.05, 0.1) is 11.5 Å². The van der Waals surface area contributed by atoms with Crippen molar-refractivity contribution in [3.05, 3.63) is 64.0 Å². The molecule has 3 aromatic rings. The van der Waals surface area contributed by atoms with Crippen LogP contribution < -0.4 is 5.32 Å². The Morgan fingerprint density at radius 1 is 1.37 bits per heavy atom. The first kappa shape index (κ1) is 18.2. The summed E-state index contributed by atoms with van der Waals surface area (Å²) in [6.07, 6.45) is 2.54. The van der Waals surface area contributed by atoms with Gasteiger partial charge in [-0.25, -0.2) is 14.1 Å². The smallest absolute Gasteiger partial charge is 0.291 e. The van der Waals surface area contributed by atoms with E-state index in [0.29, 0.717) is 6.54 Å². The Bertz CT molecular complexity index is 980. The molecular weight excluding hydrogens is 357 g/mol. The van der Waals surface area contributed by atoms with Gasteiger partial charge >= 0.3 is 5.69 Å². The minimum atomic E-state index is -0.789. The van der Waals surface area contributed by atoms with Gasteiger partial charge in [-0.05, 0) is 31.5 Å². The summed E-state index contributed by atoms with van der Waals surface area (Å²) < 4.78 is 15.7. The summed E-state index contributed by atoms with van der Waals surface area (Å²) in [5, 5.41) is 21.5. The molecule has 1 N–H and O–H groups in total. The van der Waals surface area contributed by atoms with Gasteiger partial charge in [-0.1, -0.05) is 12.1 Å². The van der Waals surface area contributed by atoms with E-state index >= 15 is 0 Å². The highest BCUT2D eigenvalue weighted by atomic mass is 19.1. The molecule has 10 nitrogen and oxygen atoms in total. The molecule has 1 amide bonds. The maximum absolute atomic E-state index is 12.9. The Balaban J connectivity index is 1.66. The molecular formula is C16H16FN7O3. The van der Waals surface area contributed by atoms with Crippen molar-refractivity contribution in [2.45, 2.75) is 26.4 Å². The predicted octanol–water partition coefficient (Wildman–Crippen LogP) is 2.08. The van der Waals surface area contributed by atoms with Gasteiger partial charge in [0.25, 0.3) is 5.91 Å². The summed E-state index contributed by atoms with van der Waals surface area (Å²) in [6, 6.07) is 5.17. The molecule has 0 spiro atoms. The van der Waals surface area contributed by atoms with Crippen LogP contribution in [-0.2, 0) is 11.3 Å². The Labute approximate surface area is 152 Å². The van der Waals surface area contributed by atoms with Crippen LogP contribution in [0.5, 0.6) is 0 Å². The molecule has 3 rings (SSSR count). The summed E-state index contributed by atoms with van der Waals surface area (Å²) in [4.78, 5) is 26.7. The van der Waals surface area contributed by atoms with Gasteiger partial charge in [-0.2, -0.15) is 5.10 Å². The maximum Gasteiger partial charge on any atom is 0.309 e. The van der Waals surface area contributed by atoms with E-state index in [9.17, 15) is 19.3 Å². The third-order valence-corrected chi connectivity index (χ3v) is 3.99. The molecule has 2 heterocycles. The molecule has 1 aromatic carbocycles. The van der Waals surface area contributed by atoms with Crippen LogP contribution in [0.2, 0.25) is 0 Å². The summed E-state index contributed by atoms with van der Waals surface area (Å²) in [6.45, 7) is 3.45. The molecule has 2 aromatic heterocycles. The number of carbonyl (C=O) groups is 1. The van der Waals surface area contributed by atoms with E-state index in [1.165, 1.54) is 34.7 Å². The first-order valence-electron chi connectivity index (χ1n) is 7.98. The third kappa shape index (κ3) is 3.97. The van der Waals surface area contributed by atoms with Gasteiger partial charge in [0.15, 0.2) is 0 Å². The standard InChI is InChI=1S/C16H16FN7O3/c1-10-14(24(26)27)7-19-23(10)11(2)15(25)20-16-18-9-22(21-16)8-12-3-5-13(17)6-4-12/h3-7,9,11H,8H2,1-2H3,(H,20,21,25). The zero-order valence-electron chi connectivity index (χ0n) is 14.5. The largest absolute Gasteiger partial charge is 0.309 e. The maximum atomic E-state index is 12.9. The number of aromatic nitrogens is 5. The second-order valence-electron chi connectivity index (χ2n) is 5.87. The van der Waals surface area contributed by atoms with Crippen molar-refractivity contribution in [3.8, 4) is 0 Å². The van der Waals surface area contributed by atoms with Crippen LogP contribution in [0.3, 0.4) is 0 Å². The van der Waals surface area contributed by atoms with E-state index in [2.05, 4.69) is 20.5 Å². The van der Waals surface area contributed by atoms with Crippen molar-refractivity contribution in [3.63, 3.8) is 0 Å². The number of nitrogens with zero attached hydrogens (tertiary/aromatic N) is 6. The lowest BCUT2D eigenvalue weighted by Crippen LogP contribution is -2.25. The molecule has 0 saturated carbocycles. The zero-order chi connectivity index (χ0) is 19.6. The predicted molar refractivity (Wildman–Crippen MR) is 92.5 cm³/mol. The van der Waals surface area contributed by atoms with Gasteiger partial charge < -0.3 is 0 Å². The van der Waals surface area contributed by atoms with Crippen LogP contribution in [0.15, 0.2) is 36.8 Å². The van der Waals surface area contributed by atoms with E-state index in [4.69, 9.17) is 0 Å². The van der Waals surface area contributed by atoms with Gasteiger partial charge in [0.1, 0.15) is 30.1 Å². The average molecular weight is 373 g/mol. The first-order valence-corrected chi connectivity index (χ1v) is 7.98. The fourth-order valence-corrected chi connectivity index (χ4v) is 2.51.